The van der Waals surface area contributed by atoms with Gasteiger partial charge in [0.05, 0.1) is 17.8 Å². The predicted molar refractivity (Wildman–Crippen MR) is 106 cm³/mol. The maximum absolute atomic E-state index is 13.5. The van der Waals surface area contributed by atoms with Crippen LogP contribution in [0.25, 0.3) is 0 Å². The smallest absolute Gasteiger partial charge is 0.343 e. The van der Waals surface area contributed by atoms with E-state index in [1.807, 2.05) is 12.2 Å². The first-order valence-electron chi connectivity index (χ1n) is 10.2. The molecular weight excluding hydrogens is 386 g/mol. The number of hydrogen-bond donors (Lipinski definition) is 3. The van der Waals surface area contributed by atoms with Gasteiger partial charge in [-0.3, -0.25) is 9.59 Å². The molecule has 4 N–H and O–H groups in total. The molecule has 0 spiro atoms. The summed E-state index contributed by atoms with van der Waals surface area (Å²) in [5.41, 5.74) is 9.70. The Morgan fingerprint density at radius 3 is 2.90 bits per heavy atom. The van der Waals surface area contributed by atoms with Gasteiger partial charge in [-0.15, -0.1) is 0 Å². The second-order valence-electron chi connectivity index (χ2n) is 8.28. The second kappa shape index (κ2) is 6.18. The normalized spacial score (nSPS) is 30.1. The fraction of sp³-hybridized carbons (Fsp3) is 0.409. The number of ketones is 1. The summed E-state index contributed by atoms with van der Waals surface area (Å²) in [6.07, 6.45) is 4.60. The molecule has 0 radical (unpaired) electrons. The quantitative estimate of drug-likeness (QED) is 0.577. The van der Waals surface area contributed by atoms with Crippen LogP contribution in [0.3, 0.4) is 0 Å². The molecule has 156 valence electrons. The molecule has 8 heteroatoms. The molecule has 8 nitrogen and oxygen atoms in total. The minimum absolute atomic E-state index is 0.0535. The standard InChI is InChI=1S/C22H23N3O5/c1-3-22(29)13-8-16-18-11(7-12-14(23)5-4-6-15(12)24-18)9-25(16)20(27)17(13)19(10(2)26)30-21(22)28/h5,7,19,24,29H,3-4,6,8-9,23H2,1-2H3/t19?,22-/m0/s1. The van der Waals surface area contributed by atoms with Crippen molar-refractivity contribution < 1.29 is 24.2 Å². The molecule has 5 rings (SSSR count). The van der Waals surface area contributed by atoms with Crippen molar-refractivity contribution in [2.45, 2.75) is 51.2 Å². The third-order valence-corrected chi connectivity index (χ3v) is 6.60. The molecule has 30 heavy (non-hydrogen) atoms. The van der Waals surface area contributed by atoms with Crippen LogP contribution in [0.15, 0.2) is 57.2 Å². The van der Waals surface area contributed by atoms with Crippen LogP contribution in [0.1, 0.15) is 39.5 Å². The second-order valence-corrected chi connectivity index (χ2v) is 8.28. The fourth-order valence-electron chi connectivity index (χ4n) is 4.94. The maximum atomic E-state index is 13.5. The monoisotopic (exact) mass is 409 g/mol. The summed E-state index contributed by atoms with van der Waals surface area (Å²) in [5.74, 6) is -1.73. The van der Waals surface area contributed by atoms with E-state index in [1.165, 1.54) is 6.92 Å². The van der Waals surface area contributed by atoms with Crippen LogP contribution in [0.4, 0.5) is 0 Å². The summed E-state index contributed by atoms with van der Waals surface area (Å²) in [7, 11) is 0. The fourth-order valence-corrected chi connectivity index (χ4v) is 4.94. The SMILES string of the molecule is CC[C@@]1(O)C(=O)OC(C(C)=O)C2=C1CC1=C3NC4=C(C=C3CN1C2=O)C(N)=CCC4. The molecule has 5 aliphatic rings. The van der Waals surface area contributed by atoms with Gasteiger partial charge in [0.25, 0.3) is 5.91 Å². The summed E-state index contributed by atoms with van der Waals surface area (Å²) in [6, 6.07) is 0. The molecule has 4 aliphatic heterocycles. The van der Waals surface area contributed by atoms with Crippen molar-refractivity contribution in [1.82, 2.24) is 10.2 Å². The number of ether oxygens (including phenoxy) is 1. The van der Waals surface area contributed by atoms with E-state index in [1.54, 1.807) is 11.8 Å². The van der Waals surface area contributed by atoms with E-state index in [9.17, 15) is 19.5 Å². The Hall–Kier alpha value is -3.13. The number of fused-ring (bicyclic) bond motifs is 2. The average molecular weight is 409 g/mol. The van der Waals surface area contributed by atoms with E-state index < -0.39 is 29.4 Å². The number of nitrogens with zero attached hydrogens (tertiary/aromatic N) is 1. The zero-order chi connectivity index (χ0) is 21.4. The number of rotatable bonds is 2. The van der Waals surface area contributed by atoms with E-state index in [0.717, 1.165) is 35.4 Å². The Morgan fingerprint density at radius 1 is 1.43 bits per heavy atom. The summed E-state index contributed by atoms with van der Waals surface area (Å²) >= 11 is 0. The van der Waals surface area contributed by atoms with Gasteiger partial charge in [-0.2, -0.15) is 0 Å². The first kappa shape index (κ1) is 18.9. The van der Waals surface area contributed by atoms with Crippen LogP contribution in [0, 0.1) is 0 Å². The highest BCUT2D eigenvalue weighted by atomic mass is 16.6. The Kier molecular flexibility index (Phi) is 3.89. The first-order chi connectivity index (χ1) is 14.3. The van der Waals surface area contributed by atoms with Crippen LogP contribution in [-0.2, 0) is 19.1 Å². The number of Topliss-reactive ketones (excluding diaryl/α,β-unsaturated/α-hetero) is 1. The topological polar surface area (TPSA) is 122 Å². The summed E-state index contributed by atoms with van der Waals surface area (Å²) in [6.45, 7) is 3.27. The van der Waals surface area contributed by atoms with E-state index in [2.05, 4.69) is 5.32 Å². The van der Waals surface area contributed by atoms with Crippen LogP contribution in [-0.4, -0.2) is 45.9 Å². The number of carbonyl (C=O) groups excluding carboxylic acids is 3. The number of hydrogen-bond acceptors (Lipinski definition) is 7. The molecule has 0 bridgehead atoms. The molecule has 0 saturated heterocycles. The average Bonchev–Trinajstić information content (AvgIpc) is 3.08. The van der Waals surface area contributed by atoms with Gasteiger partial charge in [-0.1, -0.05) is 13.0 Å². The van der Waals surface area contributed by atoms with E-state index in [-0.39, 0.29) is 24.0 Å². The Bertz CT molecular complexity index is 1090. The number of cyclic esters (lactones) is 1. The molecule has 1 unspecified atom stereocenters. The molecule has 0 aromatic rings. The van der Waals surface area contributed by atoms with Gasteiger partial charge in [-0.05, 0) is 43.4 Å². The number of nitrogens with one attached hydrogen (secondary N) is 1. The van der Waals surface area contributed by atoms with Crippen molar-refractivity contribution in [3.8, 4) is 0 Å². The number of dihydropyridines is 1. The molecule has 4 heterocycles. The summed E-state index contributed by atoms with van der Waals surface area (Å²) < 4.78 is 5.23. The van der Waals surface area contributed by atoms with Crippen molar-refractivity contribution in [3.63, 3.8) is 0 Å². The van der Waals surface area contributed by atoms with Crippen LogP contribution < -0.4 is 11.1 Å². The third kappa shape index (κ3) is 2.34. The molecule has 0 saturated carbocycles. The van der Waals surface area contributed by atoms with Crippen LogP contribution in [0.2, 0.25) is 0 Å². The van der Waals surface area contributed by atoms with Crippen LogP contribution >= 0.6 is 0 Å². The minimum atomic E-state index is -1.92. The van der Waals surface area contributed by atoms with Gasteiger partial charge in [0.15, 0.2) is 17.5 Å². The number of carbonyl (C=O) groups is 3. The number of esters is 1. The number of allylic oxidation sites excluding steroid dienone is 4. The lowest BCUT2D eigenvalue weighted by molar-refractivity contribution is -0.173. The molecule has 1 amide bonds. The molecular formula is C22H23N3O5. The van der Waals surface area contributed by atoms with Gasteiger partial charge < -0.3 is 25.8 Å². The van der Waals surface area contributed by atoms with Crippen molar-refractivity contribution in [1.29, 1.82) is 0 Å². The lowest BCUT2D eigenvalue weighted by atomic mass is 9.77. The number of nitrogens with two attached hydrogens (primary N) is 1. The molecule has 1 aliphatic carbocycles. The van der Waals surface area contributed by atoms with Gasteiger partial charge in [0.1, 0.15) is 0 Å². The van der Waals surface area contributed by atoms with Gasteiger partial charge in [0, 0.05) is 29.1 Å². The van der Waals surface area contributed by atoms with Crippen molar-refractivity contribution >= 4 is 17.7 Å². The molecule has 0 fully saturated rings. The highest BCUT2D eigenvalue weighted by Crippen LogP contribution is 2.46. The lowest BCUT2D eigenvalue weighted by Crippen LogP contribution is -2.55. The highest BCUT2D eigenvalue weighted by Gasteiger charge is 2.55. The number of amides is 1. The van der Waals surface area contributed by atoms with Gasteiger partial charge in [-0.25, -0.2) is 4.79 Å². The Morgan fingerprint density at radius 2 is 2.20 bits per heavy atom. The van der Waals surface area contributed by atoms with Crippen molar-refractivity contribution in [2.24, 2.45) is 5.73 Å². The Balaban J connectivity index is 1.64. The zero-order valence-electron chi connectivity index (χ0n) is 16.9. The van der Waals surface area contributed by atoms with Gasteiger partial charge in [0.2, 0.25) is 0 Å². The summed E-state index contributed by atoms with van der Waals surface area (Å²) in [5, 5.41) is 14.5. The third-order valence-electron chi connectivity index (χ3n) is 6.60. The van der Waals surface area contributed by atoms with Crippen LogP contribution in [0.5, 0.6) is 0 Å². The summed E-state index contributed by atoms with van der Waals surface area (Å²) in [4.78, 5) is 39.8. The van der Waals surface area contributed by atoms with E-state index in [0.29, 0.717) is 17.9 Å². The molecule has 0 aromatic heterocycles. The lowest BCUT2D eigenvalue weighted by Gasteiger charge is -2.41. The van der Waals surface area contributed by atoms with E-state index in [4.69, 9.17) is 10.5 Å². The Labute approximate surface area is 173 Å². The van der Waals surface area contributed by atoms with Gasteiger partial charge >= 0.3 is 5.97 Å². The first-order valence-corrected chi connectivity index (χ1v) is 10.2. The maximum Gasteiger partial charge on any atom is 0.343 e. The number of aliphatic hydroxyl groups is 1. The molecule has 0 aromatic carbocycles. The molecule has 2 atom stereocenters. The largest absolute Gasteiger partial charge is 0.447 e. The highest BCUT2D eigenvalue weighted by molar-refractivity contribution is 6.08. The minimum Gasteiger partial charge on any atom is -0.447 e. The predicted octanol–water partition coefficient (Wildman–Crippen LogP) is 0.816. The van der Waals surface area contributed by atoms with E-state index >= 15 is 0 Å². The van der Waals surface area contributed by atoms with Crippen molar-refractivity contribution in [3.05, 3.63) is 57.2 Å². The zero-order valence-corrected chi connectivity index (χ0v) is 16.9. The van der Waals surface area contributed by atoms with Crippen molar-refractivity contribution in [2.75, 3.05) is 6.54 Å².